The third-order valence-electron chi connectivity index (χ3n) is 2.88. The largest absolute Gasteiger partial charge is 0.493 e. The number of nitrogens with zero attached hydrogens (tertiary/aromatic N) is 1. The number of ether oxygens (including phenoxy) is 3. The molecule has 0 bridgehead atoms. The normalized spacial score (nSPS) is 10.6. The Morgan fingerprint density at radius 1 is 1.17 bits per heavy atom. The zero-order valence-corrected chi connectivity index (χ0v) is 14.9. The first-order valence-electron chi connectivity index (χ1n) is 6.47. The van der Waals surface area contributed by atoms with Crippen LogP contribution in [-0.4, -0.2) is 33.5 Å². The summed E-state index contributed by atoms with van der Waals surface area (Å²) >= 11 is 2.04. The van der Waals surface area contributed by atoms with Crippen LogP contribution in [0.4, 0.5) is 0 Å². The van der Waals surface area contributed by atoms with Crippen LogP contribution in [0.15, 0.2) is 33.8 Å². The molecule has 1 aromatic heterocycles. The molecule has 0 fully saturated rings. The van der Waals surface area contributed by atoms with Gasteiger partial charge in [0.1, 0.15) is 5.76 Å². The van der Waals surface area contributed by atoms with Gasteiger partial charge in [0.2, 0.25) is 5.75 Å². The smallest absolute Gasteiger partial charge is 0.271 e. The van der Waals surface area contributed by atoms with Crippen LogP contribution in [0.2, 0.25) is 0 Å². The van der Waals surface area contributed by atoms with Gasteiger partial charge in [0, 0.05) is 5.56 Å². The Hall–Kier alpha value is -2.23. The number of nitrogens with one attached hydrogen (secondary N) is 1. The molecule has 0 aliphatic rings. The molecule has 2 aromatic rings. The highest BCUT2D eigenvalue weighted by molar-refractivity contribution is 14.1. The predicted molar refractivity (Wildman–Crippen MR) is 92.6 cm³/mol. The summed E-state index contributed by atoms with van der Waals surface area (Å²) in [5.41, 5.74) is 2.74. The minimum absolute atomic E-state index is 0.325. The second-order valence-corrected chi connectivity index (χ2v) is 5.32. The van der Waals surface area contributed by atoms with Crippen LogP contribution in [0, 0.1) is 3.77 Å². The fourth-order valence-corrected chi connectivity index (χ4v) is 2.26. The van der Waals surface area contributed by atoms with Crippen LogP contribution in [0.5, 0.6) is 17.2 Å². The summed E-state index contributed by atoms with van der Waals surface area (Å²) in [6.07, 6.45) is 1.41. The number of hydrazone groups is 1. The first kappa shape index (κ1) is 17.1. The van der Waals surface area contributed by atoms with Crippen LogP contribution in [0.25, 0.3) is 0 Å². The third-order valence-corrected chi connectivity index (χ3v) is 3.46. The Morgan fingerprint density at radius 2 is 1.83 bits per heavy atom. The molecular weight excluding hydrogens is 415 g/mol. The molecule has 2 rings (SSSR count). The first-order valence-corrected chi connectivity index (χ1v) is 7.55. The number of amides is 1. The van der Waals surface area contributed by atoms with Crippen molar-refractivity contribution in [1.29, 1.82) is 0 Å². The summed E-state index contributed by atoms with van der Waals surface area (Å²) < 4.78 is 21.7. The number of hydrogen-bond donors (Lipinski definition) is 1. The lowest BCUT2D eigenvalue weighted by Gasteiger charge is -2.13. The predicted octanol–water partition coefficient (Wildman–Crippen LogP) is 2.67. The van der Waals surface area contributed by atoms with Crippen molar-refractivity contribution in [3.8, 4) is 17.2 Å². The minimum Gasteiger partial charge on any atom is -0.493 e. The minimum atomic E-state index is -0.415. The summed E-state index contributed by atoms with van der Waals surface area (Å²) in [5.74, 6) is 1.32. The van der Waals surface area contributed by atoms with Gasteiger partial charge in [-0.1, -0.05) is 0 Å². The van der Waals surface area contributed by atoms with Crippen molar-refractivity contribution >= 4 is 34.7 Å². The number of rotatable bonds is 6. The lowest BCUT2D eigenvalue weighted by Crippen LogP contribution is -2.18. The molecule has 1 N–H and O–H groups in total. The molecule has 1 heterocycles. The van der Waals surface area contributed by atoms with Gasteiger partial charge in [0.15, 0.2) is 15.3 Å². The molecule has 122 valence electrons. The fourth-order valence-electron chi connectivity index (χ4n) is 1.83. The van der Waals surface area contributed by atoms with Crippen molar-refractivity contribution in [2.24, 2.45) is 5.10 Å². The Labute approximate surface area is 146 Å². The van der Waals surface area contributed by atoms with E-state index in [1.54, 1.807) is 24.3 Å². The third kappa shape index (κ3) is 4.15. The average Bonchev–Trinajstić information content (AvgIpc) is 2.98. The maximum absolute atomic E-state index is 12.2. The van der Waals surface area contributed by atoms with E-state index in [1.165, 1.54) is 27.5 Å². The van der Waals surface area contributed by atoms with Gasteiger partial charge in [0.25, 0.3) is 5.91 Å². The second-order valence-electron chi connectivity index (χ2n) is 4.26. The first-order chi connectivity index (χ1) is 11.1. The number of benzene rings is 1. The van der Waals surface area contributed by atoms with E-state index in [9.17, 15) is 4.79 Å². The Kier molecular flexibility index (Phi) is 5.85. The highest BCUT2D eigenvalue weighted by Crippen LogP contribution is 2.38. The zero-order valence-electron chi connectivity index (χ0n) is 12.8. The van der Waals surface area contributed by atoms with Crippen LogP contribution in [-0.2, 0) is 0 Å². The monoisotopic (exact) mass is 430 g/mol. The van der Waals surface area contributed by atoms with Crippen molar-refractivity contribution in [3.05, 3.63) is 39.4 Å². The van der Waals surface area contributed by atoms with E-state index in [4.69, 9.17) is 18.6 Å². The molecule has 1 aromatic carbocycles. The summed E-state index contributed by atoms with van der Waals surface area (Å²) in [6.45, 7) is 0. The highest BCUT2D eigenvalue weighted by Gasteiger charge is 2.16. The van der Waals surface area contributed by atoms with Crippen LogP contribution in [0.1, 0.15) is 16.1 Å². The van der Waals surface area contributed by atoms with E-state index in [0.717, 1.165) is 3.77 Å². The summed E-state index contributed by atoms with van der Waals surface area (Å²) in [7, 11) is 4.46. The molecular formula is C15H15IN2O5. The zero-order chi connectivity index (χ0) is 16.8. The van der Waals surface area contributed by atoms with E-state index in [2.05, 4.69) is 10.5 Å². The number of halogens is 1. The van der Waals surface area contributed by atoms with E-state index in [-0.39, 0.29) is 0 Å². The van der Waals surface area contributed by atoms with E-state index >= 15 is 0 Å². The Morgan fingerprint density at radius 3 is 2.30 bits per heavy atom. The van der Waals surface area contributed by atoms with E-state index in [1.807, 2.05) is 22.6 Å². The van der Waals surface area contributed by atoms with Gasteiger partial charge < -0.3 is 18.6 Å². The molecule has 7 nitrogen and oxygen atoms in total. The van der Waals surface area contributed by atoms with Crippen molar-refractivity contribution in [2.75, 3.05) is 21.3 Å². The Bertz CT molecular complexity index is 701. The maximum Gasteiger partial charge on any atom is 0.271 e. The van der Waals surface area contributed by atoms with Crippen LogP contribution >= 0.6 is 22.6 Å². The Balaban J connectivity index is 2.17. The molecule has 0 aliphatic carbocycles. The standard InChI is InChI=1S/C15H15IN2O5/c1-20-11-6-9(7-12(21-2)14(11)22-3)15(19)18-17-8-10-4-5-13(16)23-10/h4-8H,1-3H3,(H,18,19)/b17-8+. The van der Waals surface area contributed by atoms with E-state index in [0.29, 0.717) is 28.6 Å². The molecule has 0 spiro atoms. The van der Waals surface area contributed by atoms with Crippen LogP contribution in [0.3, 0.4) is 0 Å². The average molecular weight is 430 g/mol. The molecule has 8 heteroatoms. The van der Waals surface area contributed by atoms with Gasteiger partial charge in [-0.15, -0.1) is 0 Å². The van der Waals surface area contributed by atoms with Gasteiger partial charge in [-0.05, 0) is 46.9 Å². The lowest BCUT2D eigenvalue weighted by molar-refractivity contribution is 0.0954. The topological polar surface area (TPSA) is 82.3 Å². The SMILES string of the molecule is COc1cc(C(=O)N/N=C/c2ccc(I)o2)cc(OC)c1OC. The maximum atomic E-state index is 12.2. The van der Waals surface area contributed by atoms with Crippen molar-refractivity contribution < 1.29 is 23.4 Å². The van der Waals surface area contributed by atoms with Gasteiger partial charge in [-0.2, -0.15) is 5.10 Å². The van der Waals surface area contributed by atoms with Gasteiger partial charge >= 0.3 is 0 Å². The molecule has 23 heavy (non-hydrogen) atoms. The highest BCUT2D eigenvalue weighted by atomic mass is 127. The van der Waals surface area contributed by atoms with Gasteiger partial charge in [0.05, 0.1) is 27.5 Å². The second kappa shape index (κ2) is 7.86. The number of methoxy groups -OCH3 is 3. The van der Waals surface area contributed by atoms with Crippen molar-refractivity contribution in [2.45, 2.75) is 0 Å². The van der Waals surface area contributed by atoms with E-state index < -0.39 is 5.91 Å². The van der Waals surface area contributed by atoms with Crippen molar-refractivity contribution in [3.63, 3.8) is 0 Å². The van der Waals surface area contributed by atoms with Crippen molar-refractivity contribution in [1.82, 2.24) is 5.43 Å². The van der Waals surface area contributed by atoms with Crippen LogP contribution < -0.4 is 19.6 Å². The molecule has 0 unspecified atom stereocenters. The lowest BCUT2D eigenvalue weighted by atomic mass is 10.1. The number of carbonyl (C=O) groups excluding carboxylic acids is 1. The molecule has 0 saturated carbocycles. The van der Waals surface area contributed by atoms with Gasteiger partial charge in [-0.25, -0.2) is 5.43 Å². The molecule has 0 saturated heterocycles. The summed E-state index contributed by atoms with van der Waals surface area (Å²) in [4.78, 5) is 12.2. The number of hydrogen-bond acceptors (Lipinski definition) is 6. The summed E-state index contributed by atoms with van der Waals surface area (Å²) in [6, 6.07) is 6.63. The molecule has 1 amide bonds. The number of furan rings is 1. The number of carbonyl (C=O) groups is 1. The molecule has 0 aliphatic heterocycles. The summed E-state index contributed by atoms with van der Waals surface area (Å²) in [5, 5.41) is 3.85. The fraction of sp³-hybridized carbons (Fsp3) is 0.200. The van der Waals surface area contributed by atoms with Gasteiger partial charge in [-0.3, -0.25) is 4.79 Å². The molecule has 0 radical (unpaired) electrons. The quantitative estimate of drug-likeness (QED) is 0.433. The molecule has 0 atom stereocenters.